The zero-order valence-corrected chi connectivity index (χ0v) is 18.7. The van der Waals surface area contributed by atoms with E-state index < -0.39 is 23.7 Å². The van der Waals surface area contributed by atoms with E-state index in [1.165, 1.54) is 36.0 Å². The van der Waals surface area contributed by atoms with Gasteiger partial charge in [0.05, 0.1) is 0 Å². The molecule has 1 aliphatic carbocycles. The van der Waals surface area contributed by atoms with Crippen LogP contribution in [-0.4, -0.2) is 6.36 Å². The van der Waals surface area contributed by atoms with Crippen LogP contribution < -0.4 is 4.74 Å². The molecule has 0 heterocycles. The van der Waals surface area contributed by atoms with Crippen molar-refractivity contribution in [2.75, 3.05) is 0 Å². The van der Waals surface area contributed by atoms with Gasteiger partial charge in [0.25, 0.3) is 0 Å². The molecule has 0 unspecified atom stereocenters. The summed E-state index contributed by atoms with van der Waals surface area (Å²) in [4.78, 5) is 0. The summed E-state index contributed by atoms with van der Waals surface area (Å²) in [5.74, 6) is 1.06. The van der Waals surface area contributed by atoms with Gasteiger partial charge in [-0.1, -0.05) is 55.9 Å². The highest BCUT2D eigenvalue weighted by Crippen LogP contribution is 2.35. The molecule has 0 bridgehead atoms. The molecular weight excluding hydrogens is 447 g/mol. The van der Waals surface area contributed by atoms with E-state index in [1.807, 2.05) is 18.2 Å². The third-order valence-corrected chi connectivity index (χ3v) is 5.86. The number of hydrogen-bond acceptors (Lipinski definition) is 1. The summed E-state index contributed by atoms with van der Waals surface area (Å²) in [6, 6.07) is 13.9. The van der Waals surface area contributed by atoms with Crippen LogP contribution in [0.15, 0.2) is 48.5 Å². The van der Waals surface area contributed by atoms with Crippen molar-refractivity contribution in [3.63, 3.8) is 0 Å². The first-order chi connectivity index (χ1) is 16.2. The predicted octanol–water partition coefficient (Wildman–Crippen LogP) is 7.76. The molecular formula is C28H23F5O. The summed E-state index contributed by atoms with van der Waals surface area (Å²) in [7, 11) is 0. The molecule has 0 atom stereocenters. The van der Waals surface area contributed by atoms with E-state index in [0.29, 0.717) is 5.56 Å². The fourth-order valence-electron chi connectivity index (χ4n) is 4.25. The monoisotopic (exact) mass is 470 g/mol. The van der Waals surface area contributed by atoms with Crippen molar-refractivity contribution in [2.45, 2.75) is 51.8 Å². The molecule has 176 valence electrons. The highest BCUT2D eigenvalue weighted by Gasteiger charge is 2.34. The molecule has 0 spiro atoms. The van der Waals surface area contributed by atoms with Crippen molar-refractivity contribution in [3.8, 4) is 28.7 Å². The number of rotatable bonds is 5. The molecule has 3 aromatic rings. The standard InChI is InChI=1S/C28H23F5O/c1-2-3-4-5-18-8-12-23-21(14-18)10-11-22-15-19(9-13-24(22)23)6-7-20-16-25(29)27(26(30)17-20)34-28(31,32)33/h8-9,12-17H,2-5,10-11H2,1H3. The number of benzene rings is 3. The Kier molecular flexibility index (Phi) is 6.92. The average Bonchev–Trinajstić information content (AvgIpc) is 2.79. The quantitative estimate of drug-likeness (QED) is 0.210. The minimum atomic E-state index is -5.19. The van der Waals surface area contributed by atoms with Crippen LogP contribution in [0.4, 0.5) is 22.0 Å². The van der Waals surface area contributed by atoms with E-state index in [-0.39, 0.29) is 5.56 Å². The molecule has 0 amide bonds. The Morgan fingerprint density at radius 2 is 1.41 bits per heavy atom. The van der Waals surface area contributed by atoms with Crippen LogP contribution in [0, 0.1) is 23.5 Å². The maximum Gasteiger partial charge on any atom is 0.573 e. The molecule has 4 rings (SSSR count). The van der Waals surface area contributed by atoms with Crippen molar-refractivity contribution in [1.29, 1.82) is 0 Å². The number of ether oxygens (including phenoxy) is 1. The van der Waals surface area contributed by atoms with Gasteiger partial charge in [-0.2, -0.15) is 0 Å². The lowest BCUT2D eigenvalue weighted by Crippen LogP contribution is -2.19. The Balaban J connectivity index is 1.55. The van der Waals surface area contributed by atoms with E-state index in [4.69, 9.17) is 0 Å². The molecule has 1 nitrogen and oxygen atoms in total. The third-order valence-electron chi connectivity index (χ3n) is 5.86. The zero-order chi connectivity index (χ0) is 24.3. The van der Waals surface area contributed by atoms with Crippen LogP contribution in [0.5, 0.6) is 5.75 Å². The Bertz CT molecular complexity index is 1240. The first kappa shape index (κ1) is 23.8. The van der Waals surface area contributed by atoms with E-state index in [1.54, 1.807) is 0 Å². The topological polar surface area (TPSA) is 9.23 Å². The lowest BCUT2D eigenvalue weighted by molar-refractivity contribution is -0.276. The second-order valence-electron chi connectivity index (χ2n) is 8.39. The minimum absolute atomic E-state index is 0.0804. The Morgan fingerprint density at radius 1 is 0.794 bits per heavy atom. The zero-order valence-electron chi connectivity index (χ0n) is 18.7. The van der Waals surface area contributed by atoms with Crippen LogP contribution in [0.25, 0.3) is 11.1 Å². The summed E-state index contributed by atoms with van der Waals surface area (Å²) in [5.41, 5.74) is 6.79. The molecule has 0 aliphatic heterocycles. The molecule has 1 aliphatic rings. The predicted molar refractivity (Wildman–Crippen MR) is 122 cm³/mol. The third kappa shape index (κ3) is 5.59. The summed E-state index contributed by atoms with van der Waals surface area (Å²) < 4.78 is 68.1. The molecule has 0 radical (unpaired) electrons. The van der Waals surface area contributed by atoms with Crippen LogP contribution >= 0.6 is 0 Å². The van der Waals surface area contributed by atoms with E-state index >= 15 is 0 Å². The Labute approximate surface area is 195 Å². The maximum absolute atomic E-state index is 13.9. The molecule has 0 saturated carbocycles. The van der Waals surface area contributed by atoms with Crippen LogP contribution in [0.3, 0.4) is 0 Å². The molecule has 0 fully saturated rings. The smallest absolute Gasteiger partial charge is 0.399 e. The number of fused-ring (bicyclic) bond motifs is 3. The number of unbranched alkanes of at least 4 members (excludes halogenated alkanes) is 2. The molecule has 6 heteroatoms. The van der Waals surface area contributed by atoms with Gasteiger partial charge in [-0.3, -0.25) is 0 Å². The summed E-state index contributed by atoms with van der Waals surface area (Å²) >= 11 is 0. The lowest BCUT2D eigenvalue weighted by Gasteiger charge is -2.21. The van der Waals surface area contributed by atoms with Gasteiger partial charge in [0, 0.05) is 11.1 Å². The van der Waals surface area contributed by atoms with E-state index in [2.05, 4.69) is 41.7 Å². The molecule has 0 saturated heterocycles. The number of aryl methyl sites for hydroxylation is 3. The van der Waals surface area contributed by atoms with Gasteiger partial charge in [0.15, 0.2) is 11.6 Å². The number of alkyl halides is 3. The van der Waals surface area contributed by atoms with E-state index in [9.17, 15) is 22.0 Å². The minimum Gasteiger partial charge on any atom is -0.399 e. The fraction of sp³-hybridized carbons (Fsp3) is 0.286. The summed E-state index contributed by atoms with van der Waals surface area (Å²) in [5, 5.41) is 0. The first-order valence-electron chi connectivity index (χ1n) is 11.3. The fourth-order valence-corrected chi connectivity index (χ4v) is 4.25. The van der Waals surface area contributed by atoms with Gasteiger partial charge in [0.2, 0.25) is 5.75 Å². The van der Waals surface area contributed by atoms with Gasteiger partial charge in [-0.05, 0) is 77.8 Å². The molecule has 34 heavy (non-hydrogen) atoms. The molecule has 0 N–H and O–H groups in total. The van der Waals surface area contributed by atoms with E-state index in [0.717, 1.165) is 42.5 Å². The first-order valence-corrected chi connectivity index (χ1v) is 11.3. The van der Waals surface area contributed by atoms with Gasteiger partial charge < -0.3 is 4.74 Å². The van der Waals surface area contributed by atoms with Crippen molar-refractivity contribution in [3.05, 3.63) is 88.0 Å². The van der Waals surface area contributed by atoms with Crippen molar-refractivity contribution < 1.29 is 26.7 Å². The Hall–Kier alpha value is -3.33. The van der Waals surface area contributed by atoms with Crippen molar-refractivity contribution >= 4 is 0 Å². The highest BCUT2D eigenvalue weighted by molar-refractivity contribution is 5.74. The second kappa shape index (κ2) is 9.89. The lowest BCUT2D eigenvalue weighted by atomic mass is 9.83. The molecule has 0 aromatic heterocycles. The second-order valence-corrected chi connectivity index (χ2v) is 8.39. The van der Waals surface area contributed by atoms with Crippen molar-refractivity contribution in [1.82, 2.24) is 0 Å². The number of halogens is 5. The highest BCUT2D eigenvalue weighted by atomic mass is 19.4. The summed E-state index contributed by atoms with van der Waals surface area (Å²) in [6.45, 7) is 2.20. The van der Waals surface area contributed by atoms with Gasteiger partial charge in [0.1, 0.15) is 0 Å². The van der Waals surface area contributed by atoms with Crippen LogP contribution in [-0.2, 0) is 19.3 Å². The van der Waals surface area contributed by atoms with Gasteiger partial charge in [-0.25, -0.2) is 8.78 Å². The number of hydrogen-bond donors (Lipinski definition) is 0. The average molecular weight is 470 g/mol. The van der Waals surface area contributed by atoms with Gasteiger partial charge >= 0.3 is 6.36 Å². The van der Waals surface area contributed by atoms with Crippen LogP contribution in [0.1, 0.15) is 54.0 Å². The Morgan fingerprint density at radius 3 is 2.06 bits per heavy atom. The van der Waals surface area contributed by atoms with Crippen molar-refractivity contribution in [2.24, 2.45) is 0 Å². The summed E-state index contributed by atoms with van der Waals surface area (Å²) in [6.07, 6.45) is 1.32. The molecule has 3 aromatic carbocycles. The normalized spacial score (nSPS) is 12.4. The largest absolute Gasteiger partial charge is 0.573 e. The van der Waals surface area contributed by atoms with Crippen LogP contribution in [0.2, 0.25) is 0 Å². The maximum atomic E-state index is 13.9. The SMILES string of the molecule is CCCCCc1ccc2c(c1)CCc1cc(C#Cc3cc(F)c(OC(F)(F)F)c(F)c3)ccc1-2. The van der Waals surface area contributed by atoms with Gasteiger partial charge in [-0.15, -0.1) is 13.2 Å².